The fourth-order valence-electron chi connectivity index (χ4n) is 2.61. The number of ether oxygens (including phenoxy) is 1. The van der Waals surface area contributed by atoms with Gasteiger partial charge in [-0.1, -0.05) is 6.08 Å². The number of carbonyl (C=O) groups excluding carboxylic acids is 2. The third-order valence-electron chi connectivity index (χ3n) is 3.85. The lowest BCUT2D eigenvalue weighted by Gasteiger charge is -2.26. The number of likely N-dealkylation sites (N-methyl/N-ethyl adjacent to an activating group) is 1. The molecule has 1 amide bonds. The Hall–Kier alpha value is -2.10. The summed E-state index contributed by atoms with van der Waals surface area (Å²) >= 11 is 0. The van der Waals surface area contributed by atoms with Crippen molar-refractivity contribution in [1.29, 1.82) is 0 Å². The number of carbonyl (C=O) groups is 2. The third-order valence-corrected chi connectivity index (χ3v) is 3.85. The van der Waals surface area contributed by atoms with Crippen molar-refractivity contribution in [3.8, 4) is 5.75 Å². The highest BCUT2D eigenvalue weighted by atomic mass is 16.5. The van der Waals surface area contributed by atoms with E-state index in [0.29, 0.717) is 17.9 Å². The van der Waals surface area contributed by atoms with Crippen molar-refractivity contribution in [3.63, 3.8) is 0 Å². The Morgan fingerprint density at radius 3 is 2.45 bits per heavy atom. The molecule has 0 aromatic heterocycles. The Balaban J connectivity index is 1.93. The van der Waals surface area contributed by atoms with Crippen molar-refractivity contribution in [2.75, 3.05) is 13.2 Å². The van der Waals surface area contributed by atoms with Crippen LogP contribution in [0.2, 0.25) is 0 Å². The molecular weight excluding hydrogens is 278 g/mol. The summed E-state index contributed by atoms with van der Waals surface area (Å²) in [5.41, 5.74) is 1.76. The Kier molecular flexibility index (Phi) is 5.75. The van der Waals surface area contributed by atoms with Crippen LogP contribution in [0.1, 0.15) is 49.9 Å². The molecule has 0 N–H and O–H groups in total. The number of nitrogens with zero attached hydrogens (tertiary/aromatic N) is 1. The van der Waals surface area contributed by atoms with Crippen LogP contribution in [0.4, 0.5) is 0 Å². The summed E-state index contributed by atoms with van der Waals surface area (Å²) in [6, 6.07) is 6.87. The Morgan fingerprint density at radius 1 is 1.18 bits per heavy atom. The molecule has 4 nitrogen and oxygen atoms in total. The molecule has 22 heavy (non-hydrogen) atoms. The predicted octanol–water partition coefficient (Wildman–Crippen LogP) is 3.57. The highest BCUT2D eigenvalue weighted by molar-refractivity contribution is 5.94. The zero-order valence-corrected chi connectivity index (χ0v) is 13.3. The van der Waals surface area contributed by atoms with Gasteiger partial charge in [0, 0.05) is 17.8 Å². The molecule has 1 aliphatic carbocycles. The van der Waals surface area contributed by atoms with Gasteiger partial charge in [0.1, 0.15) is 5.75 Å². The van der Waals surface area contributed by atoms with Crippen LogP contribution in [-0.2, 0) is 4.79 Å². The number of Topliss-reactive ketones (excluding diaryl/α,β-unsaturated/α-hetero) is 1. The van der Waals surface area contributed by atoms with Crippen molar-refractivity contribution in [2.24, 2.45) is 0 Å². The SMILES string of the molecule is CCN(C(=O)COc1ccc(C(C)=O)cc1)C1=CCCCC1. The molecule has 0 unspecified atom stereocenters. The molecule has 1 aromatic carbocycles. The number of amides is 1. The number of benzene rings is 1. The van der Waals surface area contributed by atoms with Crippen molar-refractivity contribution < 1.29 is 14.3 Å². The first-order chi connectivity index (χ1) is 10.6. The van der Waals surface area contributed by atoms with Crippen LogP contribution < -0.4 is 4.74 Å². The summed E-state index contributed by atoms with van der Waals surface area (Å²) in [5, 5.41) is 0. The molecule has 0 heterocycles. The average molecular weight is 301 g/mol. The van der Waals surface area contributed by atoms with Gasteiger partial charge in [0.25, 0.3) is 5.91 Å². The van der Waals surface area contributed by atoms with E-state index in [4.69, 9.17) is 4.74 Å². The number of rotatable bonds is 6. The van der Waals surface area contributed by atoms with E-state index in [1.54, 1.807) is 24.3 Å². The summed E-state index contributed by atoms with van der Waals surface area (Å²) in [7, 11) is 0. The molecular formula is C18H23NO3. The number of hydrogen-bond donors (Lipinski definition) is 0. The number of ketones is 1. The minimum atomic E-state index is -0.0219. The monoisotopic (exact) mass is 301 g/mol. The van der Waals surface area contributed by atoms with E-state index < -0.39 is 0 Å². The number of hydrogen-bond acceptors (Lipinski definition) is 3. The second-order valence-electron chi connectivity index (χ2n) is 5.45. The summed E-state index contributed by atoms with van der Waals surface area (Å²) in [4.78, 5) is 25.4. The van der Waals surface area contributed by atoms with Gasteiger partial charge in [-0.25, -0.2) is 0 Å². The first kappa shape index (κ1) is 16.3. The van der Waals surface area contributed by atoms with E-state index in [0.717, 1.165) is 25.0 Å². The van der Waals surface area contributed by atoms with Gasteiger partial charge < -0.3 is 9.64 Å². The van der Waals surface area contributed by atoms with Crippen LogP contribution in [0.3, 0.4) is 0 Å². The van der Waals surface area contributed by atoms with Gasteiger partial charge in [-0.15, -0.1) is 0 Å². The Morgan fingerprint density at radius 2 is 1.91 bits per heavy atom. The molecule has 0 spiro atoms. The van der Waals surface area contributed by atoms with E-state index in [-0.39, 0.29) is 18.3 Å². The smallest absolute Gasteiger partial charge is 0.264 e. The highest BCUT2D eigenvalue weighted by Crippen LogP contribution is 2.21. The standard InChI is InChI=1S/C18H23NO3/c1-3-19(16-7-5-4-6-8-16)18(21)13-22-17-11-9-15(10-12-17)14(2)20/h7,9-12H,3-6,8,13H2,1-2H3. The van der Waals surface area contributed by atoms with Gasteiger partial charge in [-0.05, 0) is 63.8 Å². The lowest BCUT2D eigenvalue weighted by Crippen LogP contribution is -2.34. The zero-order valence-electron chi connectivity index (χ0n) is 13.3. The Labute approximate surface area is 131 Å². The van der Waals surface area contributed by atoms with Crippen LogP contribution in [-0.4, -0.2) is 29.7 Å². The lowest BCUT2D eigenvalue weighted by atomic mass is 10.0. The lowest BCUT2D eigenvalue weighted by molar-refractivity contribution is -0.131. The number of allylic oxidation sites excluding steroid dienone is 2. The molecule has 0 radical (unpaired) electrons. The van der Waals surface area contributed by atoms with Crippen LogP contribution in [0.5, 0.6) is 5.75 Å². The fourth-order valence-corrected chi connectivity index (χ4v) is 2.61. The average Bonchev–Trinajstić information content (AvgIpc) is 2.55. The molecule has 0 atom stereocenters. The van der Waals surface area contributed by atoms with Crippen LogP contribution in [0.25, 0.3) is 0 Å². The summed E-state index contributed by atoms with van der Waals surface area (Å²) in [5.74, 6) is 0.599. The fraction of sp³-hybridized carbons (Fsp3) is 0.444. The van der Waals surface area contributed by atoms with Crippen molar-refractivity contribution in [2.45, 2.75) is 39.5 Å². The van der Waals surface area contributed by atoms with Gasteiger partial charge in [-0.2, -0.15) is 0 Å². The minimum Gasteiger partial charge on any atom is -0.484 e. The first-order valence-corrected chi connectivity index (χ1v) is 7.85. The van der Waals surface area contributed by atoms with Crippen LogP contribution in [0.15, 0.2) is 36.0 Å². The van der Waals surface area contributed by atoms with E-state index in [1.165, 1.54) is 13.3 Å². The quantitative estimate of drug-likeness (QED) is 0.755. The molecule has 0 bridgehead atoms. The van der Waals surface area contributed by atoms with Gasteiger partial charge in [-0.3, -0.25) is 9.59 Å². The molecule has 0 saturated heterocycles. The summed E-state index contributed by atoms with van der Waals surface area (Å²) in [6.45, 7) is 4.19. The molecule has 1 aliphatic rings. The topological polar surface area (TPSA) is 46.6 Å². The molecule has 0 fully saturated rings. The minimum absolute atomic E-state index is 0.0176. The zero-order chi connectivity index (χ0) is 15.9. The predicted molar refractivity (Wildman–Crippen MR) is 85.9 cm³/mol. The third kappa shape index (κ3) is 4.20. The first-order valence-electron chi connectivity index (χ1n) is 7.85. The van der Waals surface area contributed by atoms with E-state index in [1.807, 2.05) is 11.8 Å². The van der Waals surface area contributed by atoms with Gasteiger partial charge in [0.2, 0.25) is 0 Å². The van der Waals surface area contributed by atoms with Gasteiger partial charge in [0.15, 0.2) is 12.4 Å². The Bertz CT molecular complexity index is 560. The van der Waals surface area contributed by atoms with Crippen LogP contribution >= 0.6 is 0 Å². The summed E-state index contributed by atoms with van der Waals surface area (Å²) in [6.07, 6.45) is 6.52. The van der Waals surface area contributed by atoms with Crippen molar-refractivity contribution >= 4 is 11.7 Å². The molecule has 0 saturated carbocycles. The van der Waals surface area contributed by atoms with Crippen molar-refractivity contribution in [3.05, 3.63) is 41.6 Å². The molecule has 4 heteroatoms. The summed E-state index contributed by atoms with van der Waals surface area (Å²) < 4.78 is 5.55. The van der Waals surface area contributed by atoms with Gasteiger partial charge >= 0.3 is 0 Å². The second kappa shape index (κ2) is 7.78. The van der Waals surface area contributed by atoms with Crippen molar-refractivity contribution in [1.82, 2.24) is 4.90 Å². The van der Waals surface area contributed by atoms with E-state index in [9.17, 15) is 9.59 Å². The maximum Gasteiger partial charge on any atom is 0.264 e. The maximum absolute atomic E-state index is 12.3. The maximum atomic E-state index is 12.3. The largest absolute Gasteiger partial charge is 0.484 e. The van der Waals surface area contributed by atoms with E-state index in [2.05, 4.69) is 6.08 Å². The molecule has 1 aromatic rings. The molecule has 2 rings (SSSR count). The van der Waals surface area contributed by atoms with Gasteiger partial charge in [0.05, 0.1) is 0 Å². The van der Waals surface area contributed by atoms with E-state index >= 15 is 0 Å². The highest BCUT2D eigenvalue weighted by Gasteiger charge is 2.18. The molecule has 118 valence electrons. The second-order valence-corrected chi connectivity index (χ2v) is 5.45. The molecule has 0 aliphatic heterocycles. The normalized spacial score (nSPS) is 14.2. The van der Waals surface area contributed by atoms with Crippen LogP contribution in [0, 0.1) is 0 Å².